The van der Waals surface area contributed by atoms with E-state index in [2.05, 4.69) is 19.9 Å². The average Bonchev–Trinajstić information content (AvgIpc) is 2.77. The Hall–Kier alpha value is -2.40. The summed E-state index contributed by atoms with van der Waals surface area (Å²) >= 11 is 5.98. The summed E-state index contributed by atoms with van der Waals surface area (Å²) in [7, 11) is 0. The fourth-order valence-electron chi connectivity index (χ4n) is 2.72. The van der Waals surface area contributed by atoms with E-state index >= 15 is 0 Å². The molecule has 1 N–H and O–H groups in total. The molecule has 1 aliphatic heterocycles. The number of aromatic nitrogens is 3. The van der Waals surface area contributed by atoms with E-state index in [0.717, 1.165) is 22.4 Å². The van der Waals surface area contributed by atoms with Crippen molar-refractivity contribution in [2.75, 3.05) is 6.54 Å². The summed E-state index contributed by atoms with van der Waals surface area (Å²) in [4.78, 5) is 20.8. The molecule has 3 heterocycles. The Bertz CT molecular complexity index is 871. The van der Waals surface area contributed by atoms with Gasteiger partial charge in [0.2, 0.25) is 0 Å². The van der Waals surface area contributed by atoms with Gasteiger partial charge < -0.3 is 9.88 Å². The number of hydrogen-bond acceptors (Lipinski definition) is 3. The van der Waals surface area contributed by atoms with Gasteiger partial charge in [0.05, 0.1) is 16.6 Å². The molecule has 0 spiro atoms. The molecule has 0 radical (unpaired) electrons. The van der Waals surface area contributed by atoms with Gasteiger partial charge in [0, 0.05) is 24.8 Å². The fourth-order valence-corrected chi connectivity index (χ4v) is 2.90. The molecule has 21 heavy (non-hydrogen) atoms. The van der Waals surface area contributed by atoms with Crippen molar-refractivity contribution in [3.8, 4) is 11.4 Å². The Morgan fingerprint density at radius 2 is 2.19 bits per heavy atom. The van der Waals surface area contributed by atoms with E-state index in [0.29, 0.717) is 23.8 Å². The lowest BCUT2D eigenvalue weighted by Crippen LogP contribution is -2.24. The summed E-state index contributed by atoms with van der Waals surface area (Å²) in [6, 6.07) is 9.25. The summed E-state index contributed by atoms with van der Waals surface area (Å²) < 4.78 is 2.06. The minimum absolute atomic E-state index is 0.0569. The quantitative estimate of drug-likeness (QED) is 0.702. The smallest absolute Gasteiger partial charge is 0.253 e. The lowest BCUT2D eigenvalue weighted by atomic mass is 10.2. The van der Waals surface area contributed by atoms with Crippen LogP contribution in [0.5, 0.6) is 0 Å². The van der Waals surface area contributed by atoms with Crippen LogP contribution in [0.1, 0.15) is 10.4 Å². The highest BCUT2D eigenvalue weighted by atomic mass is 35.5. The summed E-state index contributed by atoms with van der Waals surface area (Å²) in [6.45, 7) is 1.25. The molecule has 0 saturated carbocycles. The van der Waals surface area contributed by atoms with Gasteiger partial charge in [-0.1, -0.05) is 17.7 Å². The van der Waals surface area contributed by atoms with Crippen molar-refractivity contribution in [2.45, 2.75) is 6.54 Å². The zero-order valence-corrected chi connectivity index (χ0v) is 11.8. The number of imidazole rings is 1. The first-order valence-electron chi connectivity index (χ1n) is 6.63. The number of amides is 1. The summed E-state index contributed by atoms with van der Waals surface area (Å²) in [5, 5.41) is 3.33. The van der Waals surface area contributed by atoms with Crippen molar-refractivity contribution in [1.82, 2.24) is 19.9 Å². The fraction of sp³-hybridized carbons (Fsp3) is 0.133. The van der Waals surface area contributed by atoms with Gasteiger partial charge in [-0.25, -0.2) is 9.97 Å². The maximum atomic E-state index is 12.1. The zero-order valence-electron chi connectivity index (χ0n) is 11.0. The zero-order chi connectivity index (χ0) is 14.4. The van der Waals surface area contributed by atoms with Gasteiger partial charge in [-0.3, -0.25) is 4.79 Å². The Morgan fingerprint density at radius 3 is 3.05 bits per heavy atom. The van der Waals surface area contributed by atoms with E-state index in [-0.39, 0.29) is 5.91 Å². The van der Waals surface area contributed by atoms with Crippen LogP contribution < -0.4 is 5.32 Å². The third-order valence-corrected chi connectivity index (χ3v) is 3.82. The first kappa shape index (κ1) is 12.3. The molecule has 0 unspecified atom stereocenters. The van der Waals surface area contributed by atoms with Crippen LogP contribution >= 0.6 is 11.6 Å². The molecule has 0 aliphatic carbocycles. The van der Waals surface area contributed by atoms with Crippen LogP contribution in [-0.4, -0.2) is 27.0 Å². The minimum Gasteiger partial charge on any atom is -0.350 e. The predicted molar refractivity (Wildman–Crippen MR) is 80.3 cm³/mol. The minimum atomic E-state index is -0.0569. The van der Waals surface area contributed by atoms with E-state index in [9.17, 15) is 4.79 Å². The van der Waals surface area contributed by atoms with Crippen molar-refractivity contribution >= 4 is 28.5 Å². The van der Waals surface area contributed by atoms with E-state index in [4.69, 9.17) is 11.6 Å². The van der Waals surface area contributed by atoms with Crippen LogP contribution in [-0.2, 0) is 6.54 Å². The first-order valence-corrected chi connectivity index (χ1v) is 7.01. The predicted octanol–water partition coefficient (Wildman–Crippen LogP) is 2.50. The Kier molecular flexibility index (Phi) is 2.68. The standard InChI is InChI=1S/C15H11ClN4O/c16-12-8-9(4-5-17-12)14-19-11-3-1-2-10-13(11)20(14)7-6-18-15(10)21/h1-5,8H,6-7H2,(H,18,21). The molecule has 0 bridgehead atoms. The number of pyridine rings is 1. The number of carbonyl (C=O) groups excluding carboxylic acids is 1. The van der Waals surface area contributed by atoms with Gasteiger partial charge >= 0.3 is 0 Å². The third kappa shape index (κ3) is 1.89. The molecule has 0 fully saturated rings. The number of nitrogens with one attached hydrogen (secondary N) is 1. The number of halogens is 1. The maximum Gasteiger partial charge on any atom is 0.253 e. The maximum absolute atomic E-state index is 12.1. The van der Waals surface area contributed by atoms with Gasteiger partial charge in [-0.2, -0.15) is 0 Å². The second-order valence-electron chi connectivity index (χ2n) is 4.88. The monoisotopic (exact) mass is 298 g/mol. The molecule has 1 amide bonds. The number of carbonyl (C=O) groups is 1. The van der Waals surface area contributed by atoms with Crippen molar-refractivity contribution in [3.05, 3.63) is 47.2 Å². The number of rotatable bonds is 1. The SMILES string of the molecule is O=C1NCCn2c(-c3ccnc(Cl)c3)nc3cccc1c32. The van der Waals surface area contributed by atoms with Crippen LogP contribution in [0.4, 0.5) is 0 Å². The topological polar surface area (TPSA) is 59.8 Å². The molecule has 1 aliphatic rings. The summed E-state index contributed by atoms with van der Waals surface area (Å²) in [5.41, 5.74) is 3.23. The number of nitrogens with zero attached hydrogens (tertiary/aromatic N) is 3. The van der Waals surface area contributed by atoms with E-state index in [1.165, 1.54) is 0 Å². The second-order valence-corrected chi connectivity index (χ2v) is 5.27. The van der Waals surface area contributed by atoms with E-state index < -0.39 is 0 Å². The Labute approximate surface area is 125 Å². The lowest BCUT2D eigenvalue weighted by molar-refractivity contribution is 0.0956. The average molecular weight is 299 g/mol. The third-order valence-electron chi connectivity index (χ3n) is 3.62. The van der Waals surface area contributed by atoms with Crippen LogP contribution in [0.2, 0.25) is 5.15 Å². The van der Waals surface area contributed by atoms with Crippen molar-refractivity contribution in [1.29, 1.82) is 0 Å². The largest absolute Gasteiger partial charge is 0.350 e. The molecule has 6 heteroatoms. The summed E-state index contributed by atoms with van der Waals surface area (Å²) in [6.07, 6.45) is 1.66. The van der Waals surface area contributed by atoms with Crippen molar-refractivity contribution in [3.63, 3.8) is 0 Å². The molecule has 0 saturated heterocycles. The molecule has 104 valence electrons. The normalized spacial score (nSPS) is 14.0. The number of hydrogen-bond donors (Lipinski definition) is 1. The molecule has 1 aromatic carbocycles. The second kappa shape index (κ2) is 4.56. The Morgan fingerprint density at radius 1 is 1.29 bits per heavy atom. The lowest BCUT2D eigenvalue weighted by Gasteiger charge is -2.07. The van der Waals surface area contributed by atoms with E-state index in [1.807, 2.05) is 24.3 Å². The molecule has 5 nitrogen and oxygen atoms in total. The van der Waals surface area contributed by atoms with Crippen LogP contribution in [0, 0.1) is 0 Å². The van der Waals surface area contributed by atoms with Crippen molar-refractivity contribution in [2.24, 2.45) is 0 Å². The molecular weight excluding hydrogens is 288 g/mol. The van der Waals surface area contributed by atoms with Gasteiger partial charge in [-0.15, -0.1) is 0 Å². The molecule has 3 aromatic rings. The van der Waals surface area contributed by atoms with Gasteiger partial charge in [0.1, 0.15) is 11.0 Å². The van der Waals surface area contributed by atoms with Gasteiger partial charge in [0.15, 0.2) is 0 Å². The molecule has 2 aromatic heterocycles. The highest BCUT2D eigenvalue weighted by Gasteiger charge is 2.21. The molecular formula is C15H11ClN4O. The first-order chi connectivity index (χ1) is 10.2. The Balaban J connectivity index is 2.05. The number of benzene rings is 1. The summed E-state index contributed by atoms with van der Waals surface area (Å²) in [5.74, 6) is 0.747. The number of para-hydroxylation sites is 1. The molecule has 0 atom stereocenters. The van der Waals surface area contributed by atoms with Crippen LogP contribution in [0.3, 0.4) is 0 Å². The van der Waals surface area contributed by atoms with Gasteiger partial charge in [-0.05, 0) is 24.3 Å². The van der Waals surface area contributed by atoms with Crippen molar-refractivity contribution < 1.29 is 4.79 Å². The van der Waals surface area contributed by atoms with Gasteiger partial charge in [0.25, 0.3) is 5.91 Å². The van der Waals surface area contributed by atoms with Crippen LogP contribution in [0.15, 0.2) is 36.5 Å². The van der Waals surface area contributed by atoms with E-state index in [1.54, 1.807) is 12.3 Å². The molecule has 4 rings (SSSR count). The highest BCUT2D eigenvalue weighted by Crippen LogP contribution is 2.28. The van der Waals surface area contributed by atoms with Crippen LogP contribution in [0.25, 0.3) is 22.4 Å². The highest BCUT2D eigenvalue weighted by molar-refractivity contribution is 6.29.